The van der Waals surface area contributed by atoms with Crippen LogP contribution in [0.2, 0.25) is 0 Å². The largest absolute Gasteiger partial charge is 0.482 e. The van der Waals surface area contributed by atoms with Gasteiger partial charge in [0.15, 0.2) is 6.61 Å². The smallest absolute Gasteiger partial charge is 0.341 e. The van der Waals surface area contributed by atoms with E-state index in [0.717, 1.165) is 5.56 Å². The van der Waals surface area contributed by atoms with Gasteiger partial charge in [-0.3, -0.25) is 11.3 Å². The molecule has 4 N–H and O–H groups in total. The maximum atomic E-state index is 10.2. The molecular formula is C9H12N2O3. The summed E-state index contributed by atoms with van der Waals surface area (Å²) in [5.74, 6) is 4.69. The number of rotatable bonds is 5. The average molecular weight is 196 g/mol. The minimum Gasteiger partial charge on any atom is -0.482 e. The molecule has 1 aromatic rings. The molecule has 1 rings (SSSR count). The van der Waals surface area contributed by atoms with Crippen molar-refractivity contribution in [3.63, 3.8) is 0 Å². The van der Waals surface area contributed by atoms with Crippen molar-refractivity contribution in [2.24, 2.45) is 5.84 Å². The van der Waals surface area contributed by atoms with Crippen LogP contribution in [0.25, 0.3) is 0 Å². The third kappa shape index (κ3) is 3.42. The quantitative estimate of drug-likeness (QED) is 0.460. The summed E-state index contributed by atoms with van der Waals surface area (Å²) < 4.78 is 4.95. The van der Waals surface area contributed by atoms with Crippen molar-refractivity contribution in [2.75, 3.05) is 6.61 Å². The molecule has 0 bridgehead atoms. The van der Waals surface area contributed by atoms with Gasteiger partial charge >= 0.3 is 5.97 Å². The minimum atomic E-state index is -0.988. The molecule has 0 heterocycles. The molecule has 0 atom stereocenters. The van der Waals surface area contributed by atoms with Crippen LogP contribution in [0.3, 0.4) is 0 Å². The van der Waals surface area contributed by atoms with Gasteiger partial charge in [-0.05, 0) is 17.7 Å². The number of hydrogen-bond acceptors (Lipinski definition) is 4. The van der Waals surface area contributed by atoms with E-state index in [1.54, 1.807) is 12.1 Å². The minimum absolute atomic E-state index is 0.325. The molecule has 14 heavy (non-hydrogen) atoms. The van der Waals surface area contributed by atoms with Crippen LogP contribution in [0.4, 0.5) is 0 Å². The molecule has 5 nitrogen and oxygen atoms in total. The van der Waals surface area contributed by atoms with E-state index in [0.29, 0.717) is 12.3 Å². The average Bonchev–Trinajstić information content (AvgIpc) is 2.17. The fourth-order valence-electron chi connectivity index (χ4n) is 0.966. The Morgan fingerprint density at radius 2 is 2.07 bits per heavy atom. The summed E-state index contributed by atoms with van der Waals surface area (Å²) in [6.45, 7) is 0.244. The molecular weight excluding hydrogens is 184 g/mol. The molecule has 0 aliphatic rings. The molecule has 0 radical (unpaired) electrons. The van der Waals surface area contributed by atoms with Crippen LogP contribution in [0.15, 0.2) is 24.3 Å². The molecule has 5 heteroatoms. The lowest BCUT2D eigenvalue weighted by Gasteiger charge is -2.04. The number of carboxylic acids is 1. The van der Waals surface area contributed by atoms with Crippen LogP contribution >= 0.6 is 0 Å². The second kappa shape index (κ2) is 5.21. The summed E-state index contributed by atoms with van der Waals surface area (Å²) in [7, 11) is 0. The SMILES string of the molecule is NNCc1ccc(OCC(=O)O)cc1. The molecule has 0 saturated carbocycles. The second-order valence-corrected chi connectivity index (χ2v) is 2.71. The van der Waals surface area contributed by atoms with Gasteiger partial charge in [-0.2, -0.15) is 0 Å². The Morgan fingerprint density at radius 3 is 2.57 bits per heavy atom. The van der Waals surface area contributed by atoms with E-state index >= 15 is 0 Å². The molecule has 0 fully saturated rings. The number of carbonyl (C=O) groups is 1. The van der Waals surface area contributed by atoms with Crippen molar-refractivity contribution in [3.05, 3.63) is 29.8 Å². The Balaban J connectivity index is 2.50. The highest BCUT2D eigenvalue weighted by Crippen LogP contribution is 2.11. The van der Waals surface area contributed by atoms with E-state index in [4.69, 9.17) is 15.7 Å². The summed E-state index contributed by atoms with van der Waals surface area (Å²) in [5.41, 5.74) is 3.53. The van der Waals surface area contributed by atoms with Gasteiger partial charge in [0.05, 0.1) is 0 Å². The van der Waals surface area contributed by atoms with Gasteiger partial charge < -0.3 is 9.84 Å². The zero-order chi connectivity index (χ0) is 10.4. The number of benzene rings is 1. The lowest BCUT2D eigenvalue weighted by Crippen LogP contribution is -2.20. The number of aliphatic carboxylic acids is 1. The van der Waals surface area contributed by atoms with Crippen LogP contribution in [0, 0.1) is 0 Å². The number of nitrogens with one attached hydrogen (secondary N) is 1. The first-order chi connectivity index (χ1) is 6.72. The third-order valence-corrected chi connectivity index (χ3v) is 1.59. The first kappa shape index (κ1) is 10.5. The van der Waals surface area contributed by atoms with E-state index in [9.17, 15) is 4.79 Å². The van der Waals surface area contributed by atoms with Gasteiger partial charge in [0.1, 0.15) is 5.75 Å². The maximum absolute atomic E-state index is 10.2. The molecule has 0 aromatic heterocycles. The van der Waals surface area contributed by atoms with E-state index in [1.165, 1.54) is 0 Å². The number of carboxylic acid groups (broad SMARTS) is 1. The van der Waals surface area contributed by atoms with Crippen molar-refractivity contribution in [2.45, 2.75) is 6.54 Å². The van der Waals surface area contributed by atoms with Crippen LogP contribution in [-0.2, 0) is 11.3 Å². The molecule has 76 valence electrons. The molecule has 0 aliphatic carbocycles. The van der Waals surface area contributed by atoms with Crippen molar-refractivity contribution >= 4 is 5.97 Å². The number of ether oxygens (including phenoxy) is 1. The Hall–Kier alpha value is -1.59. The highest BCUT2D eigenvalue weighted by atomic mass is 16.5. The van der Waals surface area contributed by atoms with E-state index in [2.05, 4.69) is 5.43 Å². The van der Waals surface area contributed by atoms with Crippen molar-refractivity contribution in [1.29, 1.82) is 0 Å². The third-order valence-electron chi connectivity index (χ3n) is 1.59. The Kier molecular flexibility index (Phi) is 3.90. The number of hydrogen-bond donors (Lipinski definition) is 3. The zero-order valence-electron chi connectivity index (χ0n) is 7.56. The molecule has 0 saturated heterocycles. The fraction of sp³-hybridized carbons (Fsp3) is 0.222. The lowest BCUT2D eigenvalue weighted by molar-refractivity contribution is -0.139. The highest BCUT2D eigenvalue weighted by molar-refractivity contribution is 5.68. The standard InChI is InChI=1S/C9H12N2O3/c10-11-5-7-1-3-8(4-2-7)14-6-9(12)13/h1-4,11H,5-6,10H2,(H,12,13). The summed E-state index contributed by atoms with van der Waals surface area (Å²) in [6, 6.07) is 7.04. The van der Waals surface area contributed by atoms with Crippen LogP contribution < -0.4 is 16.0 Å². The van der Waals surface area contributed by atoms with E-state index in [-0.39, 0.29) is 6.61 Å². The van der Waals surface area contributed by atoms with Crippen molar-refractivity contribution in [1.82, 2.24) is 5.43 Å². The first-order valence-electron chi connectivity index (χ1n) is 4.09. The molecule has 0 spiro atoms. The van der Waals surface area contributed by atoms with Gasteiger partial charge in [-0.25, -0.2) is 4.79 Å². The lowest BCUT2D eigenvalue weighted by atomic mass is 10.2. The van der Waals surface area contributed by atoms with Crippen LogP contribution in [0.1, 0.15) is 5.56 Å². The van der Waals surface area contributed by atoms with Crippen LogP contribution in [-0.4, -0.2) is 17.7 Å². The Bertz CT molecular complexity index is 297. The summed E-state index contributed by atoms with van der Waals surface area (Å²) in [6.07, 6.45) is 0. The van der Waals surface area contributed by atoms with Gasteiger partial charge in [0.25, 0.3) is 0 Å². The molecule has 1 aromatic carbocycles. The van der Waals surface area contributed by atoms with Gasteiger partial charge in [0, 0.05) is 6.54 Å². The highest BCUT2D eigenvalue weighted by Gasteiger charge is 1.98. The van der Waals surface area contributed by atoms with Crippen molar-refractivity contribution in [3.8, 4) is 5.75 Å². The monoisotopic (exact) mass is 196 g/mol. The summed E-state index contributed by atoms with van der Waals surface area (Å²) in [4.78, 5) is 10.2. The number of hydrazine groups is 1. The molecule has 0 unspecified atom stereocenters. The second-order valence-electron chi connectivity index (χ2n) is 2.71. The predicted molar refractivity (Wildman–Crippen MR) is 50.6 cm³/mol. The Labute approximate surface area is 81.5 Å². The van der Waals surface area contributed by atoms with Gasteiger partial charge in [-0.1, -0.05) is 12.1 Å². The summed E-state index contributed by atoms with van der Waals surface area (Å²) in [5, 5.41) is 8.36. The van der Waals surface area contributed by atoms with Gasteiger partial charge in [-0.15, -0.1) is 0 Å². The first-order valence-corrected chi connectivity index (χ1v) is 4.09. The van der Waals surface area contributed by atoms with Gasteiger partial charge in [0.2, 0.25) is 0 Å². The van der Waals surface area contributed by atoms with Crippen LogP contribution in [0.5, 0.6) is 5.75 Å². The zero-order valence-corrected chi connectivity index (χ0v) is 7.56. The molecule has 0 amide bonds. The van der Waals surface area contributed by atoms with E-state index < -0.39 is 5.97 Å². The summed E-state index contributed by atoms with van der Waals surface area (Å²) >= 11 is 0. The fourth-order valence-corrected chi connectivity index (χ4v) is 0.966. The van der Waals surface area contributed by atoms with E-state index in [1.807, 2.05) is 12.1 Å². The topological polar surface area (TPSA) is 84.6 Å². The predicted octanol–water partition coefficient (Wildman–Crippen LogP) is 0.113. The maximum Gasteiger partial charge on any atom is 0.341 e. The Morgan fingerprint density at radius 1 is 1.43 bits per heavy atom. The van der Waals surface area contributed by atoms with Crippen molar-refractivity contribution < 1.29 is 14.6 Å². The molecule has 0 aliphatic heterocycles. The normalized spacial score (nSPS) is 9.79. The number of nitrogens with two attached hydrogens (primary N) is 1.